The molecule has 1 aliphatic rings. The quantitative estimate of drug-likeness (QED) is 0.679. The zero-order chi connectivity index (χ0) is 20.4. The molecule has 6 nitrogen and oxygen atoms in total. The van der Waals surface area contributed by atoms with Gasteiger partial charge < -0.3 is 9.88 Å². The normalized spacial score (nSPS) is 15.0. The van der Waals surface area contributed by atoms with Gasteiger partial charge >= 0.3 is 0 Å². The molecular weight excluding hydrogens is 386 g/mol. The molecular formula is C22H23N3O3S. The van der Waals surface area contributed by atoms with Crippen LogP contribution in [-0.2, 0) is 23.0 Å². The van der Waals surface area contributed by atoms with Gasteiger partial charge in [0, 0.05) is 25.3 Å². The van der Waals surface area contributed by atoms with Crippen molar-refractivity contribution in [1.82, 2.24) is 14.6 Å². The monoisotopic (exact) mass is 409 g/mol. The molecule has 7 heteroatoms. The van der Waals surface area contributed by atoms with Gasteiger partial charge in [0.1, 0.15) is 5.69 Å². The summed E-state index contributed by atoms with van der Waals surface area (Å²) in [6.07, 6.45) is 2.35. The van der Waals surface area contributed by atoms with E-state index in [0.29, 0.717) is 25.2 Å². The Bertz CT molecular complexity index is 1110. The van der Waals surface area contributed by atoms with Gasteiger partial charge in [0.25, 0.3) is 5.91 Å². The third-order valence-electron chi connectivity index (χ3n) is 5.25. The van der Waals surface area contributed by atoms with E-state index in [1.165, 1.54) is 0 Å². The summed E-state index contributed by atoms with van der Waals surface area (Å²) in [5.74, 6) is -0.0456. The number of H-pyrrole nitrogens is 1. The van der Waals surface area contributed by atoms with Crippen LogP contribution in [0.5, 0.6) is 0 Å². The van der Waals surface area contributed by atoms with Gasteiger partial charge in [-0.15, -0.1) is 0 Å². The van der Waals surface area contributed by atoms with E-state index in [4.69, 9.17) is 0 Å². The molecule has 2 N–H and O–H groups in total. The number of rotatable bonds is 5. The van der Waals surface area contributed by atoms with E-state index in [1.54, 1.807) is 35.4 Å². The molecule has 0 fully saturated rings. The van der Waals surface area contributed by atoms with Crippen molar-refractivity contribution in [3.8, 4) is 0 Å². The maximum Gasteiger partial charge on any atom is 0.270 e. The van der Waals surface area contributed by atoms with Crippen LogP contribution < -0.4 is 4.72 Å². The van der Waals surface area contributed by atoms with Crippen molar-refractivity contribution in [3.05, 3.63) is 89.2 Å². The molecule has 3 aromatic rings. The van der Waals surface area contributed by atoms with Crippen LogP contribution in [0, 0.1) is 0 Å². The molecule has 150 valence electrons. The van der Waals surface area contributed by atoms with Gasteiger partial charge in [-0.2, -0.15) is 0 Å². The number of aromatic amines is 1. The maximum absolute atomic E-state index is 12.8. The van der Waals surface area contributed by atoms with Gasteiger partial charge in [0.05, 0.1) is 4.90 Å². The van der Waals surface area contributed by atoms with Crippen molar-refractivity contribution in [2.45, 2.75) is 30.8 Å². The first-order valence-electron chi connectivity index (χ1n) is 9.56. The SMILES string of the molecule is C[C@@H](NS(=O)(=O)c1ccc2c(c1)CCN(C(=O)c1ccc[nH]1)C2)c1ccccc1. The molecule has 0 bridgehead atoms. The molecule has 0 aliphatic carbocycles. The summed E-state index contributed by atoms with van der Waals surface area (Å²) >= 11 is 0. The molecule has 0 saturated heterocycles. The highest BCUT2D eigenvalue weighted by Crippen LogP contribution is 2.24. The van der Waals surface area contributed by atoms with E-state index in [1.807, 2.05) is 43.3 Å². The molecule has 1 aliphatic heterocycles. The number of hydrogen-bond donors (Lipinski definition) is 2. The van der Waals surface area contributed by atoms with Crippen LogP contribution >= 0.6 is 0 Å². The Morgan fingerprint density at radius 2 is 1.86 bits per heavy atom. The van der Waals surface area contributed by atoms with E-state index >= 15 is 0 Å². The number of carbonyl (C=O) groups excluding carboxylic acids is 1. The number of amides is 1. The zero-order valence-electron chi connectivity index (χ0n) is 16.1. The van der Waals surface area contributed by atoms with E-state index in [9.17, 15) is 13.2 Å². The fraction of sp³-hybridized carbons (Fsp3) is 0.227. The second kappa shape index (κ2) is 7.85. The van der Waals surface area contributed by atoms with Crippen LogP contribution in [0.1, 0.15) is 40.1 Å². The van der Waals surface area contributed by atoms with E-state index in [0.717, 1.165) is 16.7 Å². The number of hydrogen-bond acceptors (Lipinski definition) is 3. The van der Waals surface area contributed by atoms with Gasteiger partial charge in [0.15, 0.2) is 0 Å². The number of carbonyl (C=O) groups is 1. The lowest BCUT2D eigenvalue weighted by molar-refractivity contribution is 0.0729. The van der Waals surface area contributed by atoms with E-state index in [-0.39, 0.29) is 16.8 Å². The van der Waals surface area contributed by atoms with Crippen LogP contribution in [0.2, 0.25) is 0 Å². The third-order valence-corrected chi connectivity index (χ3v) is 6.79. The molecule has 1 aromatic heterocycles. The highest BCUT2D eigenvalue weighted by Gasteiger charge is 2.25. The lowest BCUT2D eigenvalue weighted by Crippen LogP contribution is -2.36. The van der Waals surface area contributed by atoms with Gasteiger partial charge in [-0.1, -0.05) is 36.4 Å². The molecule has 2 aromatic carbocycles. The maximum atomic E-state index is 12.8. The van der Waals surface area contributed by atoms with Gasteiger partial charge in [-0.3, -0.25) is 4.79 Å². The first-order chi connectivity index (χ1) is 13.9. The lowest BCUT2D eigenvalue weighted by Gasteiger charge is -2.29. The number of nitrogens with one attached hydrogen (secondary N) is 2. The average Bonchev–Trinajstić information content (AvgIpc) is 3.27. The second-order valence-corrected chi connectivity index (χ2v) is 8.96. The first-order valence-corrected chi connectivity index (χ1v) is 11.0. The molecule has 4 rings (SSSR count). The Morgan fingerprint density at radius 3 is 2.59 bits per heavy atom. The Kier molecular flexibility index (Phi) is 5.25. The standard InChI is InChI=1S/C22H23N3O3S/c1-16(17-6-3-2-4-7-17)24-29(27,28)20-10-9-19-15-25(13-11-18(19)14-20)22(26)21-8-5-12-23-21/h2-10,12,14,16,23-24H,11,13,15H2,1H3/t16-/m1/s1. The number of aromatic nitrogens is 1. The second-order valence-electron chi connectivity index (χ2n) is 7.24. The van der Waals surface area contributed by atoms with Crippen molar-refractivity contribution in [1.29, 1.82) is 0 Å². The topological polar surface area (TPSA) is 82.3 Å². The summed E-state index contributed by atoms with van der Waals surface area (Å²) in [7, 11) is -3.64. The largest absolute Gasteiger partial charge is 0.357 e. The average molecular weight is 410 g/mol. The molecule has 29 heavy (non-hydrogen) atoms. The Morgan fingerprint density at radius 1 is 1.07 bits per heavy atom. The van der Waals surface area contributed by atoms with Crippen LogP contribution in [0.4, 0.5) is 0 Å². The first kappa shape index (κ1) is 19.4. The third kappa shape index (κ3) is 4.11. The Labute approximate surface area is 170 Å². The van der Waals surface area contributed by atoms with Crippen molar-refractivity contribution >= 4 is 15.9 Å². The molecule has 2 heterocycles. The van der Waals surface area contributed by atoms with Crippen molar-refractivity contribution in [3.63, 3.8) is 0 Å². The molecule has 0 unspecified atom stereocenters. The summed E-state index contributed by atoms with van der Waals surface area (Å²) in [6, 6.07) is 17.9. The molecule has 1 atom stereocenters. The summed E-state index contributed by atoms with van der Waals surface area (Å²) in [4.78, 5) is 17.5. The predicted octanol–water partition coefficient (Wildman–Crippen LogP) is 3.25. The van der Waals surface area contributed by atoms with Crippen LogP contribution in [-0.4, -0.2) is 30.8 Å². The number of benzene rings is 2. The molecule has 0 radical (unpaired) electrons. The minimum Gasteiger partial charge on any atom is -0.357 e. The molecule has 1 amide bonds. The van der Waals surface area contributed by atoms with Crippen molar-refractivity contribution in [2.24, 2.45) is 0 Å². The highest BCUT2D eigenvalue weighted by atomic mass is 32.2. The fourth-order valence-electron chi connectivity index (χ4n) is 3.61. The van der Waals surface area contributed by atoms with E-state index < -0.39 is 10.0 Å². The minimum atomic E-state index is -3.64. The fourth-order valence-corrected chi connectivity index (χ4v) is 4.90. The predicted molar refractivity (Wildman–Crippen MR) is 111 cm³/mol. The summed E-state index contributed by atoms with van der Waals surface area (Å²) in [5, 5.41) is 0. The highest BCUT2D eigenvalue weighted by molar-refractivity contribution is 7.89. The Balaban J connectivity index is 1.51. The number of fused-ring (bicyclic) bond motifs is 1. The van der Waals surface area contributed by atoms with Crippen LogP contribution in [0.15, 0.2) is 71.8 Å². The smallest absolute Gasteiger partial charge is 0.270 e. The van der Waals surface area contributed by atoms with Crippen LogP contribution in [0.3, 0.4) is 0 Å². The molecule has 0 saturated carbocycles. The zero-order valence-corrected chi connectivity index (χ0v) is 16.9. The lowest BCUT2D eigenvalue weighted by atomic mass is 9.99. The summed E-state index contributed by atoms with van der Waals surface area (Å²) in [6.45, 7) is 2.86. The molecule has 0 spiro atoms. The summed E-state index contributed by atoms with van der Waals surface area (Å²) < 4.78 is 28.4. The van der Waals surface area contributed by atoms with Gasteiger partial charge in [-0.05, 0) is 54.3 Å². The Hall–Kier alpha value is -2.90. The number of nitrogens with zero attached hydrogens (tertiary/aromatic N) is 1. The van der Waals surface area contributed by atoms with E-state index in [2.05, 4.69) is 9.71 Å². The van der Waals surface area contributed by atoms with Crippen molar-refractivity contribution < 1.29 is 13.2 Å². The minimum absolute atomic E-state index is 0.0456. The van der Waals surface area contributed by atoms with Gasteiger partial charge in [0.2, 0.25) is 10.0 Å². The number of sulfonamides is 1. The van der Waals surface area contributed by atoms with Gasteiger partial charge in [-0.25, -0.2) is 13.1 Å². The summed E-state index contributed by atoms with van der Waals surface area (Å²) in [5.41, 5.74) is 3.42. The van der Waals surface area contributed by atoms with Crippen molar-refractivity contribution in [2.75, 3.05) is 6.54 Å². The van der Waals surface area contributed by atoms with Crippen LogP contribution in [0.25, 0.3) is 0 Å².